The van der Waals surface area contributed by atoms with E-state index < -0.39 is 18.0 Å². The van der Waals surface area contributed by atoms with E-state index in [-0.39, 0.29) is 24.7 Å². The van der Waals surface area contributed by atoms with Crippen LogP contribution in [0.1, 0.15) is 51.0 Å². The molecule has 3 rings (SSSR count). The molecule has 0 radical (unpaired) electrons. The zero-order chi connectivity index (χ0) is 20.3. The Bertz CT molecular complexity index is 713. The van der Waals surface area contributed by atoms with Gasteiger partial charge < -0.3 is 24.2 Å². The number of amides is 1. The number of carbonyl (C=O) groups is 2. The van der Waals surface area contributed by atoms with Gasteiger partial charge in [-0.3, -0.25) is 4.79 Å². The molecule has 1 aromatic rings. The molecular formula is C21H29NO6. The van der Waals surface area contributed by atoms with E-state index in [0.29, 0.717) is 18.0 Å². The third kappa shape index (κ3) is 4.51. The van der Waals surface area contributed by atoms with Crippen molar-refractivity contribution in [1.29, 1.82) is 0 Å². The van der Waals surface area contributed by atoms with Crippen molar-refractivity contribution >= 4 is 12.1 Å². The Kier molecular flexibility index (Phi) is 6.31. The zero-order valence-electron chi connectivity index (χ0n) is 16.7. The predicted molar refractivity (Wildman–Crippen MR) is 103 cm³/mol. The van der Waals surface area contributed by atoms with Crippen molar-refractivity contribution < 1.29 is 28.9 Å². The van der Waals surface area contributed by atoms with Crippen molar-refractivity contribution in [3.05, 3.63) is 23.8 Å². The van der Waals surface area contributed by atoms with Crippen LogP contribution in [0.25, 0.3) is 0 Å². The second-order valence-electron chi connectivity index (χ2n) is 7.82. The van der Waals surface area contributed by atoms with Gasteiger partial charge >= 0.3 is 12.1 Å². The van der Waals surface area contributed by atoms with E-state index in [0.717, 1.165) is 31.2 Å². The quantitative estimate of drug-likeness (QED) is 0.797. The summed E-state index contributed by atoms with van der Waals surface area (Å²) in [6.45, 7) is 3.99. The first-order chi connectivity index (χ1) is 13.4. The normalized spacial score (nSPS) is 22.5. The van der Waals surface area contributed by atoms with Crippen molar-refractivity contribution in [1.82, 2.24) is 4.90 Å². The molecule has 2 unspecified atom stereocenters. The molecule has 7 heteroatoms. The van der Waals surface area contributed by atoms with Crippen molar-refractivity contribution in [3.63, 3.8) is 0 Å². The third-order valence-electron chi connectivity index (χ3n) is 5.44. The van der Waals surface area contributed by atoms with E-state index >= 15 is 0 Å². The van der Waals surface area contributed by atoms with Crippen LogP contribution in [-0.2, 0) is 9.53 Å². The molecule has 1 heterocycles. The number of ether oxygens (including phenoxy) is 3. The van der Waals surface area contributed by atoms with Crippen LogP contribution in [0.3, 0.4) is 0 Å². The molecule has 1 aliphatic heterocycles. The molecule has 1 aliphatic carbocycles. The van der Waals surface area contributed by atoms with E-state index in [1.54, 1.807) is 21.0 Å². The Morgan fingerprint density at radius 3 is 2.46 bits per heavy atom. The Labute approximate surface area is 165 Å². The van der Waals surface area contributed by atoms with Gasteiger partial charge in [-0.25, -0.2) is 4.79 Å². The lowest BCUT2D eigenvalue weighted by Crippen LogP contribution is -2.32. The Hall–Kier alpha value is -2.44. The first-order valence-electron chi connectivity index (χ1n) is 9.92. The van der Waals surface area contributed by atoms with Crippen molar-refractivity contribution in [3.8, 4) is 11.5 Å². The lowest BCUT2D eigenvalue weighted by molar-refractivity contribution is -0.141. The molecule has 2 atom stereocenters. The molecule has 1 N–H and O–H groups in total. The summed E-state index contributed by atoms with van der Waals surface area (Å²) in [5, 5.41) is 9.69. The van der Waals surface area contributed by atoms with Crippen LogP contribution in [0.15, 0.2) is 18.2 Å². The number of carbonyl (C=O) groups excluding carboxylic acids is 1. The molecule has 1 aromatic carbocycles. The fourth-order valence-corrected chi connectivity index (χ4v) is 4.02. The summed E-state index contributed by atoms with van der Waals surface area (Å²) in [7, 11) is 1.59. The number of benzene rings is 1. The number of hydrogen-bond donors (Lipinski definition) is 1. The highest BCUT2D eigenvalue weighted by Crippen LogP contribution is 2.39. The molecule has 0 aromatic heterocycles. The van der Waals surface area contributed by atoms with Crippen LogP contribution in [0.5, 0.6) is 11.5 Å². The van der Waals surface area contributed by atoms with Crippen LogP contribution in [0, 0.1) is 5.92 Å². The maximum Gasteiger partial charge on any atom is 0.410 e. The van der Waals surface area contributed by atoms with Crippen molar-refractivity contribution in [2.24, 2.45) is 5.92 Å². The van der Waals surface area contributed by atoms with Gasteiger partial charge in [-0.15, -0.1) is 0 Å². The van der Waals surface area contributed by atoms with Crippen molar-refractivity contribution in [2.45, 2.75) is 57.7 Å². The lowest BCUT2D eigenvalue weighted by Gasteiger charge is -2.20. The molecule has 7 nitrogen and oxygen atoms in total. The number of nitrogens with zero attached hydrogens (tertiary/aromatic N) is 1. The number of rotatable bonds is 6. The second-order valence-corrected chi connectivity index (χ2v) is 7.82. The van der Waals surface area contributed by atoms with E-state index in [1.165, 1.54) is 4.90 Å². The van der Waals surface area contributed by atoms with E-state index in [1.807, 2.05) is 18.2 Å². The van der Waals surface area contributed by atoms with Gasteiger partial charge in [-0.2, -0.15) is 0 Å². The number of aliphatic carboxylic acids is 1. The second kappa shape index (κ2) is 8.71. The molecule has 28 heavy (non-hydrogen) atoms. The zero-order valence-corrected chi connectivity index (χ0v) is 16.7. The van der Waals surface area contributed by atoms with Crippen LogP contribution in [-0.4, -0.2) is 54.5 Å². The molecule has 1 amide bonds. The minimum Gasteiger partial charge on any atom is -0.493 e. The van der Waals surface area contributed by atoms with Crippen LogP contribution in [0.4, 0.5) is 4.79 Å². The number of carboxylic acids is 1. The number of likely N-dealkylation sites (tertiary alicyclic amines) is 1. The molecule has 0 bridgehead atoms. The fraction of sp³-hybridized carbons (Fsp3) is 0.619. The van der Waals surface area contributed by atoms with Crippen molar-refractivity contribution in [2.75, 3.05) is 20.2 Å². The molecule has 1 saturated heterocycles. The van der Waals surface area contributed by atoms with Gasteiger partial charge in [0.15, 0.2) is 11.5 Å². The number of hydrogen-bond acceptors (Lipinski definition) is 5. The van der Waals surface area contributed by atoms with Gasteiger partial charge in [-0.05, 0) is 57.2 Å². The summed E-state index contributed by atoms with van der Waals surface area (Å²) in [4.78, 5) is 25.6. The lowest BCUT2D eigenvalue weighted by atomic mass is 9.89. The highest BCUT2D eigenvalue weighted by atomic mass is 16.6. The topological polar surface area (TPSA) is 85.3 Å². The number of carboxylic acid groups (broad SMARTS) is 1. The summed E-state index contributed by atoms with van der Waals surface area (Å²) in [5.74, 6) is -0.656. The first kappa shape index (κ1) is 20.3. The standard InChI is InChI=1S/C21H29NO6/c1-13(2)27-21(25)22-11-16(17(12-22)20(23)24)14-8-9-18(26-3)19(10-14)28-15-6-4-5-7-15/h8-10,13,15-17H,4-7,11-12H2,1-3H3,(H,23,24). The summed E-state index contributed by atoms with van der Waals surface area (Å²) in [6.07, 6.45) is 3.79. The van der Waals surface area contributed by atoms with Gasteiger partial charge in [0.25, 0.3) is 0 Å². The molecular weight excluding hydrogens is 362 g/mol. The Morgan fingerprint density at radius 2 is 1.86 bits per heavy atom. The number of methoxy groups -OCH3 is 1. The third-order valence-corrected chi connectivity index (χ3v) is 5.44. The molecule has 2 aliphatic rings. The predicted octanol–water partition coefficient (Wildman–Crippen LogP) is 3.66. The van der Waals surface area contributed by atoms with Gasteiger partial charge in [0.2, 0.25) is 0 Å². The molecule has 1 saturated carbocycles. The minimum absolute atomic E-state index is 0.135. The maximum atomic E-state index is 12.3. The van der Waals surface area contributed by atoms with Gasteiger partial charge in [0.05, 0.1) is 25.2 Å². The first-order valence-corrected chi connectivity index (χ1v) is 9.92. The van der Waals surface area contributed by atoms with E-state index in [2.05, 4.69) is 0 Å². The van der Waals surface area contributed by atoms with E-state index in [9.17, 15) is 14.7 Å². The smallest absolute Gasteiger partial charge is 0.410 e. The Morgan fingerprint density at radius 1 is 1.14 bits per heavy atom. The van der Waals surface area contributed by atoms with Crippen LogP contribution < -0.4 is 9.47 Å². The van der Waals surface area contributed by atoms with Gasteiger partial charge in [-0.1, -0.05) is 6.07 Å². The minimum atomic E-state index is -0.918. The molecule has 0 spiro atoms. The van der Waals surface area contributed by atoms with Gasteiger partial charge in [0, 0.05) is 19.0 Å². The highest BCUT2D eigenvalue weighted by Gasteiger charge is 2.41. The van der Waals surface area contributed by atoms with Crippen LogP contribution in [0.2, 0.25) is 0 Å². The Balaban J connectivity index is 1.83. The summed E-state index contributed by atoms with van der Waals surface area (Å²) in [6, 6.07) is 5.54. The van der Waals surface area contributed by atoms with Gasteiger partial charge in [0.1, 0.15) is 0 Å². The largest absolute Gasteiger partial charge is 0.493 e. The maximum absolute atomic E-state index is 12.3. The summed E-state index contributed by atoms with van der Waals surface area (Å²) >= 11 is 0. The highest BCUT2D eigenvalue weighted by molar-refractivity contribution is 5.76. The van der Waals surface area contributed by atoms with Crippen LogP contribution >= 0.6 is 0 Å². The fourth-order valence-electron chi connectivity index (χ4n) is 4.02. The average molecular weight is 391 g/mol. The molecule has 2 fully saturated rings. The average Bonchev–Trinajstić information content (AvgIpc) is 3.30. The monoisotopic (exact) mass is 391 g/mol. The summed E-state index contributed by atoms with van der Waals surface area (Å²) in [5.41, 5.74) is 0.834. The SMILES string of the molecule is COc1ccc(C2CN(C(=O)OC(C)C)CC2C(=O)O)cc1OC1CCCC1. The van der Waals surface area contributed by atoms with E-state index in [4.69, 9.17) is 14.2 Å². The summed E-state index contributed by atoms with van der Waals surface area (Å²) < 4.78 is 16.8. The molecule has 154 valence electrons.